The van der Waals surface area contributed by atoms with Crippen LogP contribution in [0.3, 0.4) is 0 Å². The van der Waals surface area contributed by atoms with Crippen LogP contribution in [0.4, 0.5) is 4.79 Å². The molecule has 0 radical (unpaired) electrons. The lowest BCUT2D eigenvalue weighted by Gasteiger charge is -2.17. The first-order chi connectivity index (χ1) is 11.1. The number of aromatic hydroxyl groups is 1. The number of nitrogens with zero attached hydrogens (tertiary/aromatic N) is 1. The minimum atomic E-state index is -0.503. The number of fused-ring (bicyclic) bond motifs is 1. The molecule has 1 aromatic rings. The van der Waals surface area contributed by atoms with Crippen LogP contribution in [0.2, 0.25) is 0 Å². The maximum atomic E-state index is 11.5. The van der Waals surface area contributed by atoms with Gasteiger partial charge in [-0.2, -0.15) is 0 Å². The summed E-state index contributed by atoms with van der Waals surface area (Å²) in [6.07, 6.45) is 6.56. The Morgan fingerprint density at radius 2 is 2.35 bits per heavy atom. The zero-order valence-corrected chi connectivity index (χ0v) is 12.4. The van der Waals surface area contributed by atoms with E-state index in [1.54, 1.807) is 12.2 Å². The quantitative estimate of drug-likeness (QED) is 0.627. The highest BCUT2D eigenvalue weighted by atomic mass is 16.4. The third-order valence-corrected chi connectivity index (χ3v) is 3.47. The molecule has 0 aromatic carbocycles. The second kappa shape index (κ2) is 5.99. The molecule has 8 heteroatoms. The Labute approximate surface area is 131 Å². The Hall–Kier alpha value is -3.03. The summed E-state index contributed by atoms with van der Waals surface area (Å²) in [5.74, 6) is 0.0485. The van der Waals surface area contributed by atoms with Crippen molar-refractivity contribution >= 4 is 17.6 Å². The summed E-state index contributed by atoms with van der Waals surface area (Å²) in [6.45, 7) is 2.34. The molecule has 120 valence electrons. The fraction of sp³-hybridized carbons (Fsp3) is 0.267. The Kier molecular flexibility index (Phi) is 3.88. The van der Waals surface area contributed by atoms with Gasteiger partial charge in [0.1, 0.15) is 0 Å². The van der Waals surface area contributed by atoms with Crippen molar-refractivity contribution < 1.29 is 14.3 Å². The summed E-state index contributed by atoms with van der Waals surface area (Å²) in [4.78, 5) is 27.4. The van der Waals surface area contributed by atoms with Crippen LogP contribution < -0.4 is 21.4 Å². The van der Waals surface area contributed by atoms with Gasteiger partial charge in [0.15, 0.2) is 5.76 Å². The fourth-order valence-electron chi connectivity index (χ4n) is 2.41. The smallest absolute Gasteiger partial charge is 0.321 e. The molecule has 23 heavy (non-hydrogen) atoms. The molecule has 2 aliphatic rings. The Bertz CT molecular complexity index is 778. The lowest BCUT2D eigenvalue weighted by Crippen LogP contribution is -2.46. The molecule has 1 aliphatic carbocycles. The van der Waals surface area contributed by atoms with E-state index < -0.39 is 11.2 Å². The van der Waals surface area contributed by atoms with Crippen LogP contribution in [-0.4, -0.2) is 35.7 Å². The lowest BCUT2D eigenvalue weighted by atomic mass is 9.97. The lowest BCUT2D eigenvalue weighted by molar-refractivity contribution is 0.245. The second-order valence-electron chi connectivity index (χ2n) is 5.07. The van der Waals surface area contributed by atoms with Crippen LogP contribution in [0.1, 0.15) is 12.7 Å². The van der Waals surface area contributed by atoms with E-state index in [1.807, 2.05) is 13.0 Å². The normalized spacial score (nSPS) is 21.8. The maximum absolute atomic E-state index is 11.5. The van der Waals surface area contributed by atoms with Crippen molar-refractivity contribution in [3.8, 4) is 5.75 Å². The van der Waals surface area contributed by atoms with Gasteiger partial charge >= 0.3 is 6.03 Å². The molecule has 0 saturated carbocycles. The van der Waals surface area contributed by atoms with Gasteiger partial charge in [0.25, 0.3) is 0 Å². The molecular formula is C15H16N4O4. The van der Waals surface area contributed by atoms with E-state index in [9.17, 15) is 14.7 Å². The standard InChI is InChI=1S/C15H16N4O4/c1-2-16-15(22)19-14-17-9-4-3-8(7-10(9)18-14)13-12(21)11(20)5-6-23-13/h3-7,9-10,21H,2H2,1H3,(H3,16,17,18,19,22). The fourth-order valence-corrected chi connectivity index (χ4v) is 2.41. The number of rotatable bonds is 2. The number of allylic oxidation sites excluding steroid dienone is 2. The molecule has 2 unspecified atom stereocenters. The molecular weight excluding hydrogens is 300 g/mol. The average molecular weight is 316 g/mol. The van der Waals surface area contributed by atoms with Crippen LogP contribution in [0.5, 0.6) is 5.75 Å². The summed E-state index contributed by atoms with van der Waals surface area (Å²) in [7, 11) is 0. The number of carbonyl (C=O) groups is 1. The predicted octanol–water partition coefficient (Wildman–Crippen LogP) is 0.314. The SMILES string of the molecule is CCNC(=O)NC1=NC2C=CC(c3occc(=O)c3O)=CC2N1. The number of guanidine groups is 1. The topological polar surface area (TPSA) is 116 Å². The van der Waals surface area contributed by atoms with E-state index >= 15 is 0 Å². The first-order valence-electron chi connectivity index (χ1n) is 7.19. The van der Waals surface area contributed by atoms with Gasteiger partial charge in [-0.3, -0.25) is 10.1 Å². The predicted molar refractivity (Wildman–Crippen MR) is 84.1 cm³/mol. The van der Waals surface area contributed by atoms with Crippen molar-refractivity contribution in [3.63, 3.8) is 0 Å². The summed E-state index contributed by atoms with van der Waals surface area (Å²) in [6, 6.07) is 0.447. The molecule has 0 fully saturated rings. The molecule has 3 rings (SSSR count). The van der Waals surface area contributed by atoms with Crippen molar-refractivity contribution in [1.29, 1.82) is 0 Å². The van der Waals surface area contributed by atoms with E-state index in [0.717, 1.165) is 6.07 Å². The summed E-state index contributed by atoms with van der Waals surface area (Å²) in [5.41, 5.74) is 0.0697. The molecule has 8 nitrogen and oxygen atoms in total. The molecule has 0 spiro atoms. The van der Waals surface area contributed by atoms with E-state index in [4.69, 9.17) is 4.42 Å². The van der Waals surface area contributed by atoms with Gasteiger partial charge in [-0.1, -0.05) is 12.2 Å². The zero-order valence-electron chi connectivity index (χ0n) is 12.4. The molecule has 1 aromatic heterocycles. The number of aliphatic imine (C=N–C) groups is 1. The van der Waals surface area contributed by atoms with Crippen LogP contribution in [-0.2, 0) is 0 Å². The van der Waals surface area contributed by atoms with Gasteiger partial charge in [-0.05, 0) is 13.0 Å². The molecule has 2 amide bonds. The van der Waals surface area contributed by atoms with Gasteiger partial charge in [0.2, 0.25) is 17.1 Å². The average Bonchev–Trinajstić information content (AvgIpc) is 2.91. The summed E-state index contributed by atoms with van der Waals surface area (Å²) >= 11 is 0. The zero-order chi connectivity index (χ0) is 16.4. The van der Waals surface area contributed by atoms with Crippen LogP contribution in [0.15, 0.2) is 44.8 Å². The van der Waals surface area contributed by atoms with E-state index in [0.29, 0.717) is 18.1 Å². The number of amides is 2. The highest BCUT2D eigenvalue weighted by molar-refractivity contribution is 5.98. The molecule has 1 aliphatic heterocycles. The second-order valence-corrected chi connectivity index (χ2v) is 5.07. The Morgan fingerprint density at radius 3 is 3.13 bits per heavy atom. The Balaban J connectivity index is 1.77. The van der Waals surface area contributed by atoms with Crippen LogP contribution in [0.25, 0.3) is 5.57 Å². The van der Waals surface area contributed by atoms with E-state index in [1.165, 1.54) is 6.26 Å². The first-order valence-corrected chi connectivity index (χ1v) is 7.19. The number of hydrogen-bond acceptors (Lipinski definition) is 6. The van der Waals surface area contributed by atoms with Crippen molar-refractivity contribution in [2.45, 2.75) is 19.0 Å². The van der Waals surface area contributed by atoms with Crippen molar-refractivity contribution in [2.75, 3.05) is 6.54 Å². The van der Waals surface area contributed by atoms with Crippen molar-refractivity contribution in [1.82, 2.24) is 16.0 Å². The molecule has 0 saturated heterocycles. The van der Waals surface area contributed by atoms with Gasteiger partial charge in [0, 0.05) is 18.2 Å². The van der Waals surface area contributed by atoms with Gasteiger partial charge in [0.05, 0.1) is 18.3 Å². The van der Waals surface area contributed by atoms with E-state index in [-0.39, 0.29) is 23.9 Å². The number of urea groups is 1. The van der Waals surface area contributed by atoms with Gasteiger partial charge in [-0.25, -0.2) is 9.79 Å². The first kappa shape index (κ1) is 14.9. The maximum Gasteiger partial charge on any atom is 0.321 e. The highest BCUT2D eigenvalue weighted by Crippen LogP contribution is 2.28. The van der Waals surface area contributed by atoms with Crippen LogP contribution in [0, 0.1) is 0 Å². The minimum absolute atomic E-state index is 0.110. The summed E-state index contributed by atoms with van der Waals surface area (Å²) in [5, 5.41) is 18.1. The molecule has 4 N–H and O–H groups in total. The van der Waals surface area contributed by atoms with Gasteiger partial charge in [-0.15, -0.1) is 0 Å². The van der Waals surface area contributed by atoms with E-state index in [2.05, 4.69) is 20.9 Å². The van der Waals surface area contributed by atoms with Crippen molar-refractivity contribution in [3.05, 3.63) is 46.5 Å². The molecule has 2 atom stereocenters. The molecule has 0 bridgehead atoms. The Morgan fingerprint density at radius 1 is 1.52 bits per heavy atom. The third kappa shape index (κ3) is 2.96. The monoisotopic (exact) mass is 316 g/mol. The number of hydrogen-bond donors (Lipinski definition) is 4. The van der Waals surface area contributed by atoms with Gasteiger partial charge < -0.3 is 20.2 Å². The minimum Gasteiger partial charge on any atom is -0.502 e. The van der Waals surface area contributed by atoms with Crippen LogP contribution >= 0.6 is 0 Å². The summed E-state index contributed by atoms with van der Waals surface area (Å²) < 4.78 is 5.24. The van der Waals surface area contributed by atoms with Crippen molar-refractivity contribution in [2.24, 2.45) is 4.99 Å². The molecule has 2 heterocycles. The largest absolute Gasteiger partial charge is 0.502 e. The number of carbonyl (C=O) groups excluding carboxylic acids is 1. The number of nitrogens with one attached hydrogen (secondary N) is 3. The highest BCUT2D eigenvalue weighted by Gasteiger charge is 2.29. The third-order valence-electron chi connectivity index (χ3n) is 3.47.